The van der Waals surface area contributed by atoms with Crippen molar-refractivity contribution in [3.8, 4) is 0 Å². The van der Waals surface area contributed by atoms with Crippen LogP contribution >= 0.6 is 11.6 Å². The fraction of sp³-hybridized carbons (Fsp3) is 0.458. The van der Waals surface area contributed by atoms with Crippen molar-refractivity contribution in [2.24, 2.45) is 0 Å². The molecule has 4 heterocycles. The van der Waals surface area contributed by atoms with Gasteiger partial charge in [-0.15, -0.1) is 0 Å². The van der Waals surface area contributed by atoms with Crippen LogP contribution in [0.2, 0.25) is 5.02 Å². The lowest BCUT2D eigenvalue weighted by molar-refractivity contribution is 0.0607. The molecule has 192 valence electrons. The molecule has 2 fully saturated rings. The lowest BCUT2D eigenvalue weighted by Crippen LogP contribution is -2.39. The molecule has 2 atom stereocenters. The van der Waals surface area contributed by atoms with Crippen LogP contribution in [0.5, 0.6) is 0 Å². The van der Waals surface area contributed by atoms with E-state index in [9.17, 15) is 18.3 Å². The van der Waals surface area contributed by atoms with Crippen LogP contribution in [0, 0.1) is 6.92 Å². The molecule has 0 radical (unpaired) electrons. The molecule has 0 saturated carbocycles. The molecule has 1 amide bonds. The number of aliphatic hydroxyl groups excluding tert-OH is 1. The van der Waals surface area contributed by atoms with Gasteiger partial charge in [0.05, 0.1) is 35.3 Å². The number of rotatable bonds is 5. The van der Waals surface area contributed by atoms with Crippen molar-refractivity contribution in [3.05, 3.63) is 52.3 Å². The van der Waals surface area contributed by atoms with Gasteiger partial charge in [-0.3, -0.25) is 9.52 Å². The van der Waals surface area contributed by atoms with Crippen LogP contribution in [0.3, 0.4) is 0 Å². The maximum atomic E-state index is 13.7. The van der Waals surface area contributed by atoms with Crippen molar-refractivity contribution in [3.63, 3.8) is 0 Å². The highest BCUT2D eigenvalue weighted by Crippen LogP contribution is 2.34. The average Bonchev–Trinajstić information content (AvgIpc) is 3.45. The maximum absolute atomic E-state index is 13.7. The van der Waals surface area contributed by atoms with E-state index >= 15 is 0 Å². The highest BCUT2D eigenvalue weighted by molar-refractivity contribution is 7.92. The Balaban J connectivity index is 1.49. The van der Waals surface area contributed by atoms with Crippen molar-refractivity contribution in [2.45, 2.75) is 44.8 Å². The zero-order valence-corrected chi connectivity index (χ0v) is 21.8. The molecule has 0 spiro atoms. The molecular formula is C24H29ClN6O4S. The second-order valence-corrected chi connectivity index (χ2v) is 11.7. The number of halogens is 1. The minimum atomic E-state index is -3.59. The number of aliphatic hydroxyl groups is 1. The molecular weight excluding hydrogens is 504 g/mol. The van der Waals surface area contributed by atoms with E-state index in [-0.39, 0.29) is 29.3 Å². The van der Waals surface area contributed by atoms with Gasteiger partial charge >= 0.3 is 0 Å². The number of benzene rings is 1. The van der Waals surface area contributed by atoms with E-state index in [1.165, 1.54) is 12.1 Å². The molecule has 2 aliphatic heterocycles. The van der Waals surface area contributed by atoms with Gasteiger partial charge in [0, 0.05) is 42.5 Å². The number of likely N-dealkylation sites (tertiary alicyclic amines) is 1. The number of anilines is 2. The molecule has 2 aliphatic rings. The Labute approximate surface area is 214 Å². The molecule has 2 saturated heterocycles. The van der Waals surface area contributed by atoms with Gasteiger partial charge in [-0.2, -0.15) is 5.10 Å². The second-order valence-electron chi connectivity index (χ2n) is 9.56. The topological polar surface area (TPSA) is 120 Å². The molecule has 2 unspecified atom stereocenters. The highest BCUT2D eigenvalue weighted by Gasteiger charge is 2.32. The number of amides is 1. The summed E-state index contributed by atoms with van der Waals surface area (Å²) < 4.78 is 28.0. The summed E-state index contributed by atoms with van der Waals surface area (Å²) in [6.45, 7) is 3.78. The van der Waals surface area contributed by atoms with E-state index in [4.69, 9.17) is 21.7 Å². The Morgan fingerprint density at radius 3 is 2.69 bits per heavy atom. The van der Waals surface area contributed by atoms with Gasteiger partial charge < -0.3 is 14.9 Å². The number of sulfonamides is 1. The van der Waals surface area contributed by atoms with Crippen molar-refractivity contribution in [1.82, 2.24) is 19.5 Å². The largest absolute Gasteiger partial charge is 0.391 e. The van der Waals surface area contributed by atoms with E-state index in [1.54, 1.807) is 15.5 Å². The van der Waals surface area contributed by atoms with Crippen molar-refractivity contribution in [1.29, 1.82) is 0 Å². The first-order valence-corrected chi connectivity index (χ1v) is 14.2. The molecule has 2 aromatic heterocycles. The average molecular weight is 533 g/mol. The standard InChI is InChI=1S/C24H29ClN6O4S/c1-15-11-22(29-10-8-17(32)14-29)26-23-13-20(27-31(15)23)21-5-3-4-9-30(21)24(33)18-12-16(25)6-7-19(18)28-36(2,34)35/h6-7,11-13,17,21,28,32H,3-5,8-10,14H2,1-2H3. The van der Waals surface area contributed by atoms with Gasteiger partial charge in [0.25, 0.3) is 5.91 Å². The van der Waals surface area contributed by atoms with Gasteiger partial charge in [-0.05, 0) is 50.8 Å². The lowest BCUT2D eigenvalue weighted by atomic mass is 9.98. The summed E-state index contributed by atoms with van der Waals surface area (Å²) in [7, 11) is -3.59. The summed E-state index contributed by atoms with van der Waals surface area (Å²) in [4.78, 5) is 22.3. The number of nitrogens with zero attached hydrogens (tertiary/aromatic N) is 5. The summed E-state index contributed by atoms with van der Waals surface area (Å²) in [5.41, 5.74) is 2.72. The van der Waals surface area contributed by atoms with Crippen LogP contribution in [-0.4, -0.2) is 70.9 Å². The van der Waals surface area contributed by atoms with Crippen molar-refractivity contribution >= 4 is 44.7 Å². The minimum Gasteiger partial charge on any atom is -0.391 e. The third-order valence-electron chi connectivity index (χ3n) is 6.71. The number of hydrogen-bond acceptors (Lipinski definition) is 7. The highest BCUT2D eigenvalue weighted by atomic mass is 35.5. The second kappa shape index (κ2) is 9.53. The summed E-state index contributed by atoms with van der Waals surface area (Å²) in [5.74, 6) is 0.497. The molecule has 1 aromatic carbocycles. The number of aromatic nitrogens is 3. The number of fused-ring (bicyclic) bond motifs is 1. The molecule has 0 aliphatic carbocycles. The number of aryl methyl sites for hydroxylation is 1. The summed E-state index contributed by atoms with van der Waals surface area (Å²) in [6.07, 6.45) is 3.92. The van der Waals surface area contributed by atoms with Gasteiger partial charge in [0.15, 0.2) is 5.65 Å². The number of piperidine rings is 1. The Bertz CT molecular complexity index is 1430. The van der Waals surface area contributed by atoms with E-state index in [0.29, 0.717) is 23.8 Å². The molecule has 2 N–H and O–H groups in total. The SMILES string of the molecule is Cc1cc(N2CCC(O)C2)nc2cc(C3CCCCN3C(=O)c3cc(Cl)ccc3NS(C)(=O)=O)nn12. The minimum absolute atomic E-state index is 0.196. The maximum Gasteiger partial charge on any atom is 0.256 e. The fourth-order valence-electron chi connectivity index (χ4n) is 5.02. The fourth-order valence-corrected chi connectivity index (χ4v) is 5.77. The van der Waals surface area contributed by atoms with Crippen LogP contribution in [0.25, 0.3) is 5.65 Å². The van der Waals surface area contributed by atoms with E-state index in [0.717, 1.165) is 55.7 Å². The van der Waals surface area contributed by atoms with E-state index in [2.05, 4.69) is 9.62 Å². The number of nitrogens with one attached hydrogen (secondary N) is 1. The molecule has 36 heavy (non-hydrogen) atoms. The van der Waals surface area contributed by atoms with Gasteiger partial charge in [-0.1, -0.05) is 11.6 Å². The summed E-state index contributed by atoms with van der Waals surface area (Å²) >= 11 is 6.18. The lowest BCUT2D eigenvalue weighted by Gasteiger charge is -2.35. The zero-order valence-electron chi connectivity index (χ0n) is 20.2. The Hall–Kier alpha value is -2.89. The molecule has 10 nitrogen and oxygen atoms in total. The Morgan fingerprint density at radius 1 is 1.17 bits per heavy atom. The van der Waals surface area contributed by atoms with Crippen molar-refractivity contribution < 1.29 is 18.3 Å². The monoisotopic (exact) mass is 532 g/mol. The van der Waals surface area contributed by atoms with Crippen molar-refractivity contribution in [2.75, 3.05) is 35.5 Å². The summed E-state index contributed by atoms with van der Waals surface area (Å²) in [5, 5.41) is 15.1. The normalized spacial score (nSPS) is 20.8. The van der Waals surface area contributed by atoms with E-state index in [1.807, 2.05) is 19.1 Å². The predicted molar refractivity (Wildman–Crippen MR) is 138 cm³/mol. The first kappa shape index (κ1) is 24.8. The quantitative estimate of drug-likeness (QED) is 0.518. The number of carbonyl (C=O) groups is 1. The third kappa shape index (κ3) is 5.00. The zero-order chi connectivity index (χ0) is 25.6. The molecule has 5 rings (SSSR count). The van der Waals surface area contributed by atoms with Gasteiger partial charge in [0.2, 0.25) is 10.0 Å². The van der Waals surface area contributed by atoms with Crippen LogP contribution < -0.4 is 9.62 Å². The first-order valence-electron chi connectivity index (χ1n) is 12.0. The van der Waals surface area contributed by atoms with E-state index < -0.39 is 10.0 Å². The van der Waals surface area contributed by atoms with Gasteiger partial charge in [0.1, 0.15) is 5.82 Å². The number of hydrogen-bond donors (Lipinski definition) is 2. The van der Waals surface area contributed by atoms with Crippen LogP contribution in [0.4, 0.5) is 11.5 Å². The van der Waals surface area contributed by atoms with Gasteiger partial charge in [-0.25, -0.2) is 17.9 Å². The number of β-amino-alcohol motifs (C(OH)–C–C–N with tert-alkyl or cyclic N) is 1. The first-order chi connectivity index (χ1) is 17.1. The molecule has 3 aromatic rings. The third-order valence-corrected chi connectivity index (χ3v) is 7.54. The number of carbonyl (C=O) groups excluding carboxylic acids is 1. The van der Waals surface area contributed by atoms with Crippen LogP contribution in [0.15, 0.2) is 30.3 Å². The van der Waals surface area contributed by atoms with Crippen LogP contribution in [-0.2, 0) is 10.0 Å². The Morgan fingerprint density at radius 2 is 1.97 bits per heavy atom. The summed E-state index contributed by atoms with van der Waals surface area (Å²) in [6, 6.07) is 8.13. The molecule has 12 heteroatoms. The Kier molecular flexibility index (Phi) is 6.56. The smallest absolute Gasteiger partial charge is 0.256 e. The van der Waals surface area contributed by atoms with Crippen LogP contribution in [0.1, 0.15) is 53.5 Å². The predicted octanol–water partition coefficient (Wildman–Crippen LogP) is 3.00. The molecule has 0 bridgehead atoms.